The van der Waals surface area contributed by atoms with E-state index in [1.54, 1.807) is 20.8 Å². The molecule has 0 aliphatic heterocycles. The predicted octanol–water partition coefficient (Wildman–Crippen LogP) is 2.49. The lowest BCUT2D eigenvalue weighted by Crippen LogP contribution is -2.42. The van der Waals surface area contributed by atoms with Crippen LogP contribution in [0.3, 0.4) is 0 Å². The maximum Gasteiger partial charge on any atom is 0.324 e. The summed E-state index contributed by atoms with van der Waals surface area (Å²) in [5.74, 6) is -1.44. The molecule has 21 heavy (non-hydrogen) atoms. The molecule has 1 rings (SSSR count). The summed E-state index contributed by atoms with van der Waals surface area (Å²) in [6, 6.07) is 1.89. The standard InChI is InChI=1S/C13H17ClFNO4S/c1-8(12(17)20-13(2,3)4)16-21(18,19)9-5-6-11(15)10(14)7-9/h5-8,16H,1-4H3/t8-/m1/s1. The summed E-state index contributed by atoms with van der Waals surface area (Å²) in [5, 5.41) is -0.317. The van der Waals surface area contributed by atoms with Gasteiger partial charge in [-0.1, -0.05) is 11.6 Å². The number of sulfonamides is 1. The molecule has 0 fully saturated rings. The summed E-state index contributed by atoms with van der Waals surface area (Å²) in [7, 11) is -4.00. The number of benzene rings is 1. The molecule has 8 heteroatoms. The van der Waals surface area contributed by atoms with E-state index in [0.717, 1.165) is 18.2 Å². The van der Waals surface area contributed by atoms with Crippen LogP contribution in [0.5, 0.6) is 0 Å². The Hall–Kier alpha value is -1.18. The van der Waals surface area contributed by atoms with Gasteiger partial charge in [0.2, 0.25) is 10.0 Å². The number of hydrogen-bond acceptors (Lipinski definition) is 4. The van der Waals surface area contributed by atoms with Crippen molar-refractivity contribution in [3.05, 3.63) is 29.0 Å². The molecule has 1 aromatic rings. The molecule has 0 aliphatic carbocycles. The van der Waals surface area contributed by atoms with Crippen molar-refractivity contribution >= 4 is 27.6 Å². The van der Waals surface area contributed by atoms with E-state index in [1.807, 2.05) is 0 Å². The van der Waals surface area contributed by atoms with Gasteiger partial charge in [0.25, 0.3) is 0 Å². The van der Waals surface area contributed by atoms with E-state index in [9.17, 15) is 17.6 Å². The lowest BCUT2D eigenvalue weighted by molar-refractivity contribution is -0.156. The average Bonchev–Trinajstić information content (AvgIpc) is 2.29. The van der Waals surface area contributed by atoms with E-state index in [-0.39, 0.29) is 9.92 Å². The van der Waals surface area contributed by atoms with E-state index in [4.69, 9.17) is 16.3 Å². The number of carbonyl (C=O) groups excluding carboxylic acids is 1. The van der Waals surface area contributed by atoms with E-state index in [2.05, 4.69) is 4.72 Å². The molecule has 1 aromatic carbocycles. The number of carbonyl (C=O) groups is 1. The van der Waals surface area contributed by atoms with Crippen LogP contribution in [-0.4, -0.2) is 26.0 Å². The highest BCUT2D eigenvalue weighted by molar-refractivity contribution is 7.89. The highest BCUT2D eigenvalue weighted by atomic mass is 35.5. The minimum atomic E-state index is -4.00. The van der Waals surface area contributed by atoms with Crippen LogP contribution in [0.1, 0.15) is 27.7 Å². The smallest absolute Gasteiger partial charge is 0.324 e. The molecule has 0 aromatic heterocycles. The van der Waals surface area contributed by atoms with Gasteiger partial charge in [0, 0.05) is 0 Å². The molecule has 0 saturated carbocycles. The second-order valence-corrected chi connectivity index (χ2v) is 7.57. The van der Waals surface area contributed by atoms with Gasteiger partial charge >= 0.3 is 5.97 Å². The molecule has 0 spiro atoms. The zero-order valence-electron chi connectivity index (χ0n) is 12.1. The molecule has 0 bridgehead atoms. The van der Waals surface area contributed by atoms with Crippen molar-refractivity contribution in [2.45, 2.75) is 44.2 Å². The number of ether oxygens (including phenoxy) is 1. The fourth-order valence-corrected chi connectivity index (χ4v) is 2.85. The van der Waals surface area contributed by atoms with Crippen molar-refractivity contribution in [3.8, 4) is 0 Å². The second-order valence-electron chi connectivity index (χ2n) is 5.45. The first kappa shape index (κ1) is 17.9. The lowest BCUT2D eigenvalue weighted by Gasteiger charge is -2.22. The maximum atomic E-state index is 13.0. The molecule has 5 nitrogen and oxygen atoms in total. The number of esters is 1. The third-order valence-corrected chi connectivity index (χ3v) is 4.12. The van der Waals surface area contributed by atoms with E-state index < -0.39 is 33.5 Å². The van der Waals surface area contributed by atoms with Crippen LogP contribution in [0, 0.1) is 5.82 Å². The molecule has 0 radical (unpaired) electrons. The van der Waals surface area contributed by atoms with Gasteiger partial charge in [0.1, 0.15) is 17.5 Å². The van der Waals surface area contributed by atoms with E-state index in [1.165, 1.54) is 6.92 Å². The van der Waals surface area contributed by atoms with E-state index in [0.29, 0.717) is 0 Å². The number of nitrogens with one attached hydrogen (secondary N) is 1. The van der Waals surface area contributed by atoms with Gasteiger partial charge in [-0.05, 0) is 45.9 Å². The van der Waals surface area contributed by atoms with Gasteiger partial charge in [-0.2, -0.15) is 4.72 Å². The molecule has 0 amide bonds. The van der Waals surface area contributed by atoms with Crippen LogP contribution in [0.15, 0.2) is 23.1 Å². The van der Waals surface area contributed by atoms with Crippen molar-refractivity contribution in [1.29, 1.82) is 0 Å². The number of halogens is 2. The number of hydrogen-bond donors (Lipinski definition) is 1. The Kier molecular flexibility index (Phi) is 5.35. The molecule has 1 atom stereocenters. The quantitative estimate of drug-likeness (QED) is 0.857. The molecule has 0 heterocycles. The summed E-state index contributed by atoms with van der Waals surface area (Å²) in [6.45, 7) is 6.38. The van der Waals surface area contributed by atoms with Crippen molar-refractivity contribution in [1.82, 2.24) is 4.72 Å². The SMILES string of the molecule is C[C@@H](NS(=O)(=O)c1ccc(F)c(Cl)c1)C(=O)OC(C)(C)C. The van der Waals surface area contributed by atoms with Crippen molar-refractivity contribution < 1.29 is 22.3 Å². The van der Waals surface area contributed by atoms with Crippen LogP contribution in [0.25, 0.3) is 0 Å². The molecule has 0 aliphatic rings. The summed E-state index contributed by atoms with van der Waals surface area (Å²) in [5.41, 5.74) is -0.726. The molecule has 0 unspecified atom stereocenters. The Morgan fingerprint density at radius 2 is 1.95 bits per heavy atom. The van der Waals surface area contributed by atoms with Gasteiger partial charge in [-0.3, -0.25) is 4.79 Å². The van der Waals surface area contributed by atoms with Gasteiger partial charge in [-0.25, -0.2) is 12.8 Å². The monoisotopic (exact) mass is 337 g/mol. The fourth-order valence-electron chi connectivity index (χ4n) is 1.38. The Morgan fingerprint density at radius 3 is 2.43 bits per heavy atom. The third kappa shape index (κ3) is 5.26. The summed E-state index contributed by atoms with van der Waals surface area (Å²) in [4.78, 5) is 11.5. The van der Waals surface area contributed by atoms with Crippen molar-refractivity contribution in [2.24, 2.45) is 0 Å². The largest absolute Gasteiger partial charge is 0.459 e. The summed E-state index contributed by atoms with van der Waals surface area (Å²) < 4.78 is 44.4. The molecular formula is C13H17ClFNO4S. The Morgan fingerprint density at radius 1 is 1.38 bits per heavy atom. The first-order valence-electron chi connectivity index (χ1n) is 6.12. The van der Waals surface area contributed by atoms with Gasteiger partial charge in [-0.15, -0.1) is 0 Å². The first-order chi connectivity index (χ1) is 9.42. The van der Waals surface area contributed by atoms with Crippen LogP contribution in [-0.2, 0) is 19.6 Å². The van der Waals surface area contributed by atoms with Crippen molar-refractivity contribution in [2.75, 3.05) is 0 Å². The normalized spacial score (nSPS) is 13.8. The maximum absolute atomic E-state index is 13.0. The zero-order valence-corrected chi connectivity index (χ0v) is 13.7. The lowest BCUT2D eigenvalue weighted by atomic mass is 10.2. The van der Waals surface area contributed by atoms with Crippen LogP contribution in [0.4, 0.5) is 4.39 Å². The van der Waals surface area contributed by atoms with Gasteiger partial charge < -0.3 is 4.74 Å². The van der Waals surface area contributed by atoms with Crippen molar-refractivity contribution in [3.63, 3.8) is 0 Å². The zero-order chi connectivity index (χ0) is 16.4. The predicted molar refractivity (Wildman–Crippen MR) is 77.0 cm³/mol. The van der Waals surface area contributed by atoms with Gasteiger partial charge in [0.05, 0.1) is 9.92 Å². The minimum absolute atomic E-state index is 0.232. The average molecular weight is 338 g/mol. The first-order valence-corrected chi connectivity index (χ1v) is 7.99. The highest BCUT2D eigenvalue weighted by Gasteiger charge is 2.26. The number of rotatable bonds is 4. The van der Waals surface area contributed by atoms with Crippen LogP contribution in [0.2, 0.25) is 5.02 Å². The van der Waals surface area contributed by atoms with Crippen LogP contribution >= 0.6 is 11.6 Å². The fraction of sp³-hybridized carbons (Fsp3) is 0.462. The molecule has 118 valence electrons. The molecule has 1 N–H and O–H groups in total. The Labute approximate surface area is 128 Å². The second kappa shape index (κ2) is 6.29. The summed E-state index contributed by atoms with van der Waals surface area (Å²) in [6.07, 6.45) is 0. The van der Waals surface area contributed by atoms with Crippen LogP contribution < -0.4 is 4.72 Å². The van der Waals surface area contributed by atoms with E-state index >= 15 is 0 Å². The molecular weight excluding hydrogens is 321 g/mol. The topological polar surface area (TPSA) is 72.5 Å². The molecule has 0 saturated heterocycles. The Balaban J connectivity index is 2.89. The third-order valence-electron chi connectivity index (χ3n) is 2.29. The minimum Gasteiger partial charge on any atom is -0.459 e. The van der Waals surface area contributed by atoms with Gasteiger partial charge in [0.15, 0.2) is 0 Å². The summed E-state index contributed by atoms with van der Waals surface area (Å²) >= 11 is 5.55. The Bertz CT molecular complexity index is 640. The highest BCUT2D eigenvalue weighted by Crippen LogP contribution is 2.19.